The molecule has 0 aliphatic carbocycles. The predicted octanol–water partition coefficient (Wildman–Crippen LogP) is 2.46. The van der Waals surface area contributed by atoms with Gasteiger partial charge in [-0.3, -0.25) is 19.6 Å². The highest BCUT2D eigenvalue weighted by molar-refractivity contribution is 6.10. The van der Waals surface area contributed by atoms with Crippen LogP contribution in [0, 0.1) is 0 Å². The second kappa shape index (κ2) is 5.96. The highest BCUT2D eigenvalue weighted by Crippen LogP contribution is 2.17. The van der Waals surface area contributed by atoms with E-state index in [4.69, 9.17) is 0 Å². The fraction of sp³-hybridized carbons (Fsp3) is 0.0588. The first kappa shape index (κ1) is 14.1. The summed E-state index contributed by atoms with van der Waals surface area (Å²) in [5.41, 5.74) is 2.85. The molecule has 24 heavy (non-hydrogen) atoms. The van der Waals surface area contributed by atoms with Crippen LogP contribution in [0.4, 0.5) is 5.69 Å². The third kappa shape index (κ3) is 2.74. The molecule has 4 aromatic rings. The van der Waals surface area contributed by atoms with Gasteiger partial charge in [-0.25, -0.2) is 0 Å². The number of rotatable bonds is 4. The average Bonchev–Trinajstić information content (AvgIpc) is 3.22. The second-order valence-corrected chi connectivity index (χ2v) is 5.36. The van der Waals surface area contributed by atoms with Crippen LogP contribution in [-0.4, -0.2) is 30.9 Å². The van der Waals surface area contributed by atoms with E-state index in [9.17, 15) is 4.79 Å². The molecule has 0 radical (unpaired) electrons. The van der Waals surface area contributed by atoms with E-state index in [1.807, 2.05) is 36.4 Å². The number of benzene rings is 1. The molecule has 0 aliphatic rings. The Bertz CT molecular complexity index is 988. The molecule has 7 heteroatoms. The van der Waals surface area contributed by atoms with Crippen LogP contribution >= 0.6 is 0 Å². The minimum atomic E-state index is -0.270. The molecule has 0 saturated carbocycles. The lowest BCUT2D eigenvalue weighted by atomic mass is 10.2. The third-order valence-corrected chi connectivity index (χ3v) is 3.64. The molecule has 0 fully saturated rings. The van der Waals surface area contributed by atoms with Gasteiger partial charge in [-0.1, -0.05) is 24.3 Å². The number of carbonyl (C=O) groups is 1. The summed E-state index contributed by atoms with van der Waals surface area (Å²) in [4.78, 5) is 16.5. The number of pyridine rings is 1. The van der Waals surface area contributed by atoms with Crippen LogP contribution in [0.5, 0.6) is 0 Å². The van der Waals surface area contributed by atoms with Gasteiger partial charge in [0.1, 0.15) is 0 Å². The van der Waals surface area contributed by atoms with Crippen LogP contribution in [0.1, 0.15) is 16.1 Å². The van der Waals surface area contributed by atoms with Crippen molar-refractivity contribution in [2.24, 2.45) is 0 Å². The van der Waals surface area contributed by atoms with Gasteiger partial charge in [0.2, 0.25) is 0 Å². The number of anilines is 1. The minimum Gasteiger partial charge on any atom is -0.318 e. The summed E-state index contributed by atoms with van der Waals surface area (Å²) in [6, 6.07) is 11.4. The number of aromatic nitrogens is 5. The molecule has 0 unspecified atom stereocenters. The smallest absolute Gasteiger partial charge is 0.276 e. The fourth-order valence-electron chi connectivity index (χ4n) is 2.52. The average molecular weight is 318 g/mol. The van der Waals surface area contributed by atoms with Crippen molar-refractivity contribution in [3.8, 4) is 0 Å². The molecule has 0 spiro atoms. The first-order valence-electron chi connectivity index (χ1n) is 7.45. The van der Waals surface area contributed by atoms with Gasteiger partial charge in [0.05, 0.1) is 23.9 Å². The van der Waals surface area contributed by atoms with Crippen molar-refractivity contribution in [2.75, 3.05) is 5.32 Å². The zero-order valence-corrected chi connectivity index (χ0v) is 12.7. The summed E-state index contributed by atoms with van der Waals surface area (Å²) >= 11 is 0. The molecule has 7 nitrogen and oxygen atoms in total. The molecule has 4 rings (SSSR count). The van der Waals surface area contributed by atoms with Crippen molar-refractivity contribution >= 4 is 22.5 Å². The molecule has 1 aromatic carbocycles. The van der Waals surface area contributed by atoms with Crippen LogP contribution in [-0.2, 0) is 6.54 Å². The van der Waals surface area contributed by atoms with E-state index in [0.29, 0.717) is 17.9 Å². The quantitative estimate of drug-likeness (QED) is 0.605. The SMILES string of the molecule is O=C(Nc1cnn(Cc2cccnc2)c1)c1n[nH]c2ccccc12. The van der Waals surface area contributed by atoms with Crippen molar-refractivity contribution in [3.63, 3.8) is 0 Å². The van der Waals surface area contributed by atoms with Crippen molar-refractivity contribution in [1.82, 2.24) is 25.0 Å². The van der Waals surface area contributed by atoms with Gasteiger partial charge in [0.25, 0.3) is 5.91 Å². The number of H-pyrrole nitrogens is 1. The summed E-state index contributed by atoms with van der Waals surface area (Å²) in [5, 5.41) is 14.8. The molecule has 0 atom stereocenters. The van der Waals surface area contributed by atoms with E-state index < -0.39 is 0 Å². The number of nitrogens with one attached hydrogen (secondary N) is 2. The van der Waals surface area contributed by atoms with Crippen molar-refractivity contribution in [1.29, 1.82) is 0 Å². The zero-order valence-electron chi connectivity index (χ0n) is 12.7. The summed E-state index contributed by atoms with van der Waals surface area (Å²) < 4.78 is 1.75. The van der Waals surface area contributed by atoms with Gasteiger partial charge in [-0.05, 0) is 17.7 Å². The topological polar surface area (TPSA) is 88.5 Å². The maximum absolute atomic E-state index is 12.4. The van der Waals surface area contributed by atoms with E-state index in [2.05, 4.69) is 25.6 Å². The molecular formula is C17H14N6O. The first-order valence-corrected chi connectivity index (χ1v) is 7.45. The Morgan fingerprint density at radius 1 is 1.17 bits per heavy atom. The maximum atomic E-state index is 12.4. The van der Waals surface area contributed by atoms with Gasteiger partial charge >= 0.3 is 0 Å². The highest BCUT2D eigenvalue weighted by atomic mass is 16.2. The normalized spacial score (nSPS) is 10.8. The molecular weight excluding hydrogens is 304 g/mol. The minimum absolute atomic E-state index is 0.270. The number of nitrogens with zero attached hydrogens (tertiary/aromatic N) is 4. The Hall–Kier alpha value is -3.48. The molecule has 118 valence electrons. The molecule has 0 bridgehead atoms. The van der Waals surface area contributed by atoms with Crippen LogP contribution in [0.15, 0.2) is 61.2 Å². The Balaban J connectivity index is 1.50. The lowest BCUT2D eigenvalue weighted by Crippen LogP contribution is -2.12. The molecule has 3 aromatic heterocycles. The van der Waals surface area contributed by atoms with Gasteiger partial charge in [0.15, 0.2) is 5.69 Å². The number of para-hydroxylation sites is 1. The standard InChI is InChI=1S/C17H14N6O/c24-17(16-14-5-1-2-6-15(14)21-22-16)20-13-9-19-23(11-13)10-12-4-3-7-18-8-12/h1-9,11H,10H2,(H,20,24)(H,21,22). The van der Waals surface area contributed by atoms with Gasteiger partial charge in [-0.2, -0.15) is 10.2 Å². The third-order valence-electron chi connectivity index (χ3n) is 3.64. The van der Waals surface area contributed by atoms with Crippen LogP contribution in [0.25, 0.3) is 10.9 Å². The molecule has 0 saturated heterocycles. The number of aromatic amines is 1. The Morgan fingerprint density at radius 3 is 2.96 bits per heavy atom. The number of hydrogen-bond acceptors (Lipinski definition) is 4. The molecule has 2 N–H and O–H groups in total. The Kier molecular flexibility index (Phi) is 3.51. The Morgan fingerprint density at radius 2 is 2.08 bits per heavy atom. The van der Waals surface area contributed by atoms with Crippen LogP contribution in [0.2, 0.25) is 0 Å². The van der Waals surface area contributed by atoms with Crippen molar-refractivity contribution in [3.05, 3.63) is 72.4 Å². The largest absolute Gasteiger partial charge is 0.318 e. The van der Waals surface area contributed by atoms with E-state index in [1.165, 1.54) is 0 Å². The molecule has 0 aliphatic heterocycles. The lowest BCUT2D eigenvalue weighted by molar-refractivity contribution is 0.102. The number of hydrogen-bond donors (Lipinski definition) is 2. The van der Waals surface area contributed by atoms with Crippen LogP contribution in [0.3, 0.4) is 0 Å². The molecule has 1 amide bonds. The lowest BCUT2D eigenvalue weighted by Gasteiger charge is -2.01. The number of amides is 1. The van der Waals surface area contributed by atoms with Crippen molar-refractivity contribution in [2.45, 2.75) is 6.54 Å². The van der Waals surface area contributed by atoms with Gasteiger partial charge in [-0.15, -0.1) is 0 Å². The fourth-order valence-corrected chi connectivity index (χ4v) is 2.52. The number of fused-ring (bicyclic) bond motifs is 1. The van der Waals surface area contributed by atoms with E-state index in [-0.39, 0.29) is 5.91 Å². The predicted molar refractivity (Wildman–Crippen MR) is 89.6 cm³/mol. The summed E-state index contributed by atoms with van der Waals surface area (Å²) in [6.07, 6.45) is 6.91. The van der Waals surface area contributed by atoms with Crippen molar-refractivity contribution < 1.29 is 4.79 Å². The molecule has 3 heterocycles. The van der Waals surface area contributed by atoms with E-state index in [0.717, 1.165) is 16.5 Å². The van der Waals surface area contributed by atoms with Crippen LogP contribution < -0.4 is 5.32 Å². The first-order chi connectivity index (χ1) is 11.8. The van der Waals surface area contributed by atoms with Gasteiger partial charge in [0, 0.05) is 24.0 Å². The Labute approximate surface area is 137 Å². The second-order valence-electron chi connectivity index (χ2n) is 5.36. The van der Waals surface area contributed by atoms with E-state index in [1.54, 1.807) is 29.5 Å². The summed E-state index contributed by atoms with van der Waals surface area (Å²) in [7, 11) is 0. The van der Waals surface area contributed by atoms with E-state index >= 15 is 0 Å². The maximum Gasteiger partial charge on any atom is 0.276 e. The summed E-state index contributed by atoms with van der Waals surface area (Å²) in [6.45, 7) is 0.592. The summed E-state index contributed by atoms with van der Waals surface area (Å²) in [5.74, 6) is -0.270. The van der Waals surface area contributed by atoms with Gasteiger partial charge < -0.3 is 5.32 Å². The highest BCUT2D eigenvalue weighted by Gasteiger charge is 2.14. The zero-order chi connectivity index (χ0) is 16.4. The monoisotopic (exact) mass is 318 g/mol. The number of carbonyl (C=O) groups excluding carboxylic acids is 1.